The number of amides is 1. The molecule has 32 heavy (non-hydrogen) atoms. The SMILES string of the molecule is CC(=O)OCC1OC(OC(C)=O)C(NC(=O)OCC(Cl)(Cl)Cl)[C@@H](OC(C)=O)[C@H]1OC(C)=O. The molecule has 1 aliphatic heterocycles. The zero-order valence-corrected chi connectivity index (χ0v) is 19.7. The van der Waals surface area contributed by atoms with E-state index in [-0.39, 0.29) is 0 Å². The lowest BCUT2D eigenvalue weighted by Crippen LogP contribution is -2.67. The molecule has 0 saturated carbocycles. The topological polar surface area (TPSA) is 153 Å². The first kappa shape index (κ1) is 28.0. The highest BCUT2D eigenvalue weighted by molar-refractivity contribution is 6.67. The number of alkyl halides is 3. The third-order valence-corrected chi connectivity index (χ3v) is 3.96. The first-order valence-electron chi connectivity index (χ1n) is 9.00. The van der Waals surface area contributed by atoms with Gasteiger partial charge in [-0.1, -0.05) is 34.8 Å². The highest BCUT2D eigenvalue weighted by Crippen LogP contribution is 2.29. The molecule has 15 heteroatoms. The van der Waals surface area contributed by atoms with Gasteiger partial charge in [0.15, 0.2) is 12.2 Å². The van der Waals surface area contributed by atoms with Gasteiger partial charge in [0.25, 0.3) is 0 Å². The lowest BCUT2D eigenvalue weighted by atomic mass is 9.96. The Morgan fingerprint density at radius 2 is 1.34 bits per heavy atom. The Morgan fingerprint density at radius 3 is 1.81 bits per heavy atom. The molecule has 1 aliphatic rings. The van der Waals surface area contributed by atoms with E-state index >= 15 is 0 Å². The molecular formula is C17H22Cl3NO11. The van der Waals surface area contributed by atoms with Crippen LogP contribution in [0.15, 0.2) is 0 Å². The fraction of sp³-hybridized carbons (Fsp3) is 0.706. The van der Waals surface area contributed by atoms with Gasteiger partial charge in [-0.15, -0.1) is 0 Å². The van der Waals surface area contributed by atoms with Crippen LogP contribution in [0.3, 0.4) is 0 Å². The Hall–Kier alpha value is -2.02. The number of esters is 4. The van der Waals surface area contributed by atoms with Crippen molar-refractivity contribution < 1.29 is 52.4 Å². The normalized spacial score (nSPS) is 25.2. The number of halogens is 3. The molecule has 0 aromatic carbocycles. The Bertz CT molecular complexity index is 727. The van der Waals surface area contributed by atoms with Crippen LogP contribution in [-0.4, -0.2) is 77.6 Å². The molecule has 1 N–H and O–H groups in total. The number of carbonyl (C=O) groups is 5. The first-order valence-corrected chi connectivity index (χ1v) is 10.1. The molecule has 1 heterocycles. The minimum Gasteiger partial charge on any atom is -0.463 e. The number of nitrogens with one attached hydrogen (secondary N) is 1. The van der Waals surface area contributed by atoms with Gasteiger partial charge in [0.05, 0.1) is 0 Å². The van der Waals surface area contributed by atoms with Crippen LogP contribution in [-0.2, 0) is 47.6 Å². The lowest BCUT2D eigenvalue weighted by molar-refractivity contribution is -0.270. The van der Waals surface area contributed by atoms with E-state index in [2.05, 4.69) is 5.32 Å². The quantitative estimate of drug-likeness (QED) is 0.291. The Kier molecular flexibility index (Phi) is 10.8. The molecule has 0 spiro atoms. The largest absolute Gasteiger partial charge is 0.463 e. The third kappa shape index (κ3) is 10.1. The molecule has 3 unspecified atom stereocenters. The molecule has 5 atom stereocenters. The molecule has 1 saturated heterocycles. The standard InChI is InChI=1S/C17H22Cl3NO11/c1-7(22)27-5-11-13(29-8(2)23)14(30-9(3)24)12(15(32-11)31-10(4)25)21-16(26)28-6-17(18,19)20/h11-15H,5-6H2,1-4H3,(H,21,26)/t11?,12?,13-,14+,15?/m0/s1. The van der Waals surface area contributed by atoms with E-state index in [9.17, 15) is 24.0 Å². The maximum absolute atomic E-state index is 12.2. The van der Waals surface area contributed by atoms with Gasteiger partial charge >= 0.3 is 30.0 Å². The zero-order chi connectivity index (χ0) is 24.6. The zero-order valence-electron chi connectivity index (χ0n) is 17.4. The van der Waals surface area contributed by atoms with Crippen molar-refractivity contribution in [2.24, 2.45) is 0 Å². The smallest absolute Gasteiger partial charge is 0.407 e. The number of hydrogen-bond acceptors (Lipinski definition) is 11. The van der Waals surface area contributed by atoms with Gasteiger partial charge in [-0.25, -0.2) is 4.79 Å². The van der Waals surface area contributed by atoms with Gasteiger partial charge in [-0.05, 0) is 0 Å². The van der Waals surface area contributed by atoms with E-state index in [0.717, 1.165) is 27.7 Å². The van der Waals surface area contributed by atoms with Gasteiger partial charge in [0.2, 0.25) is 10.1 Å². The fourth-order valence-electron chi connectivity index (χ4n) is 2.65. The molecule has 0 aromatic heterocycles. The highest BCUT2D eigenvalue weighted by atomic mass is 35.6. The summed E-state index contributed by atoms with van der Waals surface area (Å²) in [5.41, 5.74) is 0. The van der Waals surface area contributed by atoms with E-state index in [1.165, 1.54) is 0 Å². The molecule has 182 valence electrons. The number of rotatable bonds is 7. The number of alkyl carbamates (subject to hydrolysis) is 1. The predicted octanol–water partition coefficient (Wildman–Crippen LogP) is 1.17. The fourth-order valence-corrected chi connectivity index (χ4v) is 2.81. The maximum Gasteiger partial charge on any atom is 0.407 e. The summed E-state index contributed by atoms with van der Waals surface area (Å²) in [6, 6.07) is -1.43. The molecule has 1 amide bonds. The molecule has 0 aliphatic carbocycles. The van der Waals surface area contributed by atoms with Crippen LogP contribution >= 0.6 is 34.8 Å². The average molecular weight is 523 g/mol. The predicted molar refractivity (Wildman–Crippen MR) is 107 cm³/mol. The molecule has 0 radical (unpaired) electrons. The molecule has 0 aromatic rings. The highest BCUT2D eigenvalue weighted by Gasteiger charge is 2.52. The Morgan fingerprint density at radius 1 is 0.812 bits per heavy atom. The Labute approximate surface area is 198 Å². The van der Waals surface area contributed by atoms with Crippen LogP contribution in [0.4, 0.5) is 4.79 Å². The molecule has 12 nitrogen and oxygen atoms in total. The minimum atomic E-state index is -1.92. The van der Waals surface area contributed by atoms with Crippen LogP contribution in [0, 0.1) is 0 Å². The van der Waals surface area contributed by atoms with E-state index < -0.39 is 77.6 Å². The molecular weight excluding hydrogens is 501 g/mol. The number of ether oxygens (including phenoxy) is 6. The second-order valence-electron chi connectivity index (χ2n) is 6.46. The van der Waals surface area contributed by atoms with E-state index in [1.807, 2.05) is 0 Å². The summed E-state index contributed by atoms with van der Waals surface area (Å²) in [6.45, 7) is 3.22. The van der Waals surface area contributed by atoms with Crippen molar-refractivity contribution in [2.75, 3.05) is 13.2 Å². The summed E-state index contributed by atoms with van der Waals surface area (Å²) >= 11 is 16.6. The van der Waals surface area contributed by atoms with Crippen molar-refractivity contribution in [2.45, 2.75) is 62.1 Å². The van der Waals surface area contributed by atoms with Crippen molar-refractivity contribution in [3.05, 3.63) is 0 Å². The van der Waals surface area contributed by atoms with Crippen molar-refractivity contribution in [3.8, 4) is 0 Å². The van der Waals surface area contributed by atoms with E-state index in [4.69, 9.17) is 63.2 Å². The van der Waals surface area contributed by atoms with Gasteiger partial charge < -0.3 is 33.7 Å². The van der Waals surface area contributed by atoms with Crippen molar-refractivity contribution >= 4 is 64.8 Å². The summed E-state index contributed by atoms with van der Waals surface area (Å²) in [7, 11) is 0. The lowest BCUT2D eigenvalue weighted by Gasteiger charge is -2.44. The van der Waals surface area contributed by atoms with Crippen LogP contribution in [0.1, 0.15) is 27.7 Å². The summed E-state index contributed by atoms with van der Waals surface area (Å²) in [4.78, 5) is 58.4. The van der Waals surface area contributed by atoms with Crippen LogP contribution < -0.4 is 5.32 Å². The van der Waals surface area contributed by atoms with E-state index in [1.54, 1.807) is 0 Å². The molecule has 1 rings (SSSR count). The molecule has 0 bridgehead atoms. The summed E-state index contributed by atoms with van der Waals surface area (Å²) in [6.07, 6.45) is -6.77. The summed E-state index contributed by atoms with van der Waals surface area (Å²) < 4.78 is 28.9. The van der Waals surface area contributed by atoms with Gasteiger partial charge in [-0.3, -0.25) is 19.2 Å². The Balaban J connectivity index is 3.28. The minimum absolute atomic E-state index is 0.451. The number of carbonyl (C=O) groups excluding carboxylic acids is 5. The van der Waals surface area contributed by atoms with Crippen molar-refractivity contribution in [3.63, 3.8) is 0 Å². The second-order valence-corrected chi connectivity index (χ2v) is 8.98. The van der Waals surface area contributed by atoms with E-state index in [0.29, 0.717) is 0 Å². The summed E-state index contributed by atoms with van der Waals surface area (Å²) in [5, 5.41) is 2.28. The second kappa shape index (κ2) is 12.3. The summed E-state index contributed by atoms with van der Waals surface area (Å²) in [5.74, 6) is -3.13. The van der Waals surface area contributed by atoms with Gasteiger partial charge in [-0.2, -0.15) is 0 Å². The average Bonchev–Trinajstić information content (AvgIpc) is 2.61. The van der Waals surface area contributed by atoms with Crippen LogP contribution in [0.5, 0.6) is 0 Å². The maximum atomic E-state index is 12.2. The van der Waals surface area contributed by atoms with Crippen molar-refractivity contribution in [1.82, 2.24) is 5.32 Å². The van der Waals surface area contributed by atoms with Gasteiger partial charge in [0, 0.05) is 27.7 Å². The third-order valence-electron chi connectivity index (χ3n) is 3.63. The number of hydrogen-bond donors (Lipinski definition) is 1. The van der Waals surface area contributed by atoms with Crippen LogP contribution in [0.25, 0.3) is 0 Å². The van der Waals surface area contributed by atoms with Crippen LogP contribution in [0.2, 0.25) is 0 Å². The monoisotopic (exact) mass is 521 g/mol. The van der Waals surface area contributed by atoms with Gasteiger partial charge in [0.1, 0.15) is 25.4 Å². The first-order chi connectivity index (χ1) is 14.7. The molecule has 1 fully saturated rings. The van der Waals surface area contributed by atoms with Crippen molar-refractivity contribution in [1.29, 1.82) is 0 Å².